The summed E-state index contributed by atoms with van der Waals surface area (Å²) in [6.07, 6.45) is 1.53. The second-order valence-corrected chi connectivity index (χ2v) is 7.92. The summed E-state index contributed by atoms with van der Waals surface area (Å²) >= 11 is 1.30. The number of nitrogens with zero attached hydrogens (tertiary/aromatic N) is 2. The zero-order valence-corrected chi connectivity index (χ0v) is 17.7. The van der Waals surface area contributed by atoms with Crippen molar-refractivity contribution in [2.45, 2.75) is 38.6 Å². The average Bonchev–Trinajstić information content (AvgIpc) is 3.15. The third kappa shape index (κ3) is 6.55. The predicted octanol–water partition coefficient (Wildman–Crippen LogP) is 2.60. The molecule has 0 saturated carbocycles. The Kier molecular flexibility index (Phi) is 7.78. The van der Waals surface area contributed by atoms with E-state index in [-0.39, 0.29) is 36.8 Å². The first-order chi connectivity index (χ1) is 14.5. The van der Waals surface area contributed by atoms with E-state index in [0.717, 1.165) is 5.56 Å². The summed E-state index contributed by atoms with van der Waals surface area (Å²) in [7, 11) is 0. The van der Waals surface area contributed by atoms with Gasteiger partial charge in [0.05, 0.1) is 25.1 Å². The highest BCUT2D eigenvalue weighted by Crippen LogP contribution is 2.17. The number of anilines is 1. The van der Waals surface area contributed by atoms with E-state index in [1.165, 1.54) is 11.3 Å². The van der Waals surface area contributed by atoms with Crippen molar-refractivity contribution in [1.82, 2.24) is 15.2 Å². The molecule has 2 heterocycles. The largest absolute Gasteiger partial charge is 0.450 e. The van der Waals surface area contributed by atoms with Crippen molar-refractivity contribution in [1.29, 1.82) is 0 Å². The van der Waals surface area contributed by atoms with Crippen LogP contribution in [0.1, 0.15) is 31.0 Å². The molecule has 1 aliphatic rings. The number of piperidine rings is 1. The summed E-state index contributed by atoms with van der Waals surface area (Å²) < 4.78 is 5.00. The van der Waals surface area contributed by atoms with Crippen molar-refractivity contribution < 1.29 is 19.1 Å². The summed E-state index contributed by atoms with van der Waals surface area (Å²) in [5.41, 5.74) is 1.55. The van der Waals surface area contributed by atoms with Gasteiger partial charge in [-0.05, 0) is 25.3 Å². The molecule has 3 rings (SSSR count). The van der Waals surface area contributed by atoms with Gasteiger partial charge in [-0.15, -0.1) is 11.3 Å². The summed E-state index contributed by atoms with van der Waals surface area (Å²) in [4.78, 5) is 42.2. The van der Waals surface area contributed by atoms with Crippen molar-refractivity contribution in [2.75, 3.05) is 25.0 Å². The van der Waals surface area contributed by atoms with Gasteiger partial charge in [0.2, 0.25) is 11.8 Å². The molecule has 3 amide bonds. The summed E-state index contributed by atoms with van der Waals surface area (Å²) in [5, 5.41) is 8.05. The molecule has 2 N–H and O–H groups in total. The van der Waals surface area contributed by atoms with Crippen LogP contribution in [0, 0.1) is 0 Å². The zero-order chi connectivity index (χ0) is 21.3. The number of likely N-dealkylation sites (tertiary alicyclic amines) is 1. The van der Waals surface area contributed by atoms with E-state index >= 15 is 0 Å². The Morgan fingerprint density at radius 3 is 2.57 bits per heavy atom. The first-order valence-corrected chi connectivity index (χ1v) is 10.9. The first kappa shape index (κ1) is 21.8. The van der Waals surface area contributed by atoms with Gasteiger partial charge in [-0.25, -0.2) is 9.78 Å². The van der Waals surface area contributed by atoms with Gasteiger partial charge in [0.25, 0.3) is 0 Å². The van der Waals surface area contributed by atoms with Gasteiger partial charge >= 0.3 is 6.09 Å². The number of hydrogen-bond acceptors (Lipinski definition) is 6. The molecule has 9 heteroatoms. The smallest absolute Gasteiger partial charge is 0.409 e. The lowest BCUT2D eigenvalue weighted by atomic mass is 10.1. The van der Waals surface area contributed by atoms with Gasteiger partial charge in [-0.1, -0.05) is 30.3 Å². The molecule has 0 atom stereocenters. The molecule has 0 spiro atoms. The standard InChI is InChI=1S/C21H26N4O4S/c1-2-29-21(28)25-10-8-16(9-11-25)22-19(27)13-17-14-30-20(23-17)24-18(26)12-15-6-4-3-5-7-15/h3-7,14,16H,2,8-13H2,1H3,(H,22,27)(H,23,24,26). The molecule has 30 heavy (non-hydrogen) atoms. The van der Waals surface area contributed by atoms with Crippen LogP contribution in [0.4, 0.5) is 9.93 Å². The zero-order valence-electron chi connectivity index (χ0n) is 16.9. The molecule has 0 bridgehead atoms. The molecule has 160 valence electrons. The molecule has 1 aromatic heterocycles. The van der Waals surface area contributed by atoms with Crippen molar-refractivity contribution in [3.63, 3.8) is 0 Å². The van der Waals surface area contributed by atoms with Crippen LogP contribution in [0.15, 0.2) is 35.7 Å². The molecule has 0 radical (unpaired) electrons. The van der Waals surface area contributed by atoms with Gasteiger partial charge in [-0.2, -0.15) is 0 Å². The lowest BCUT2D eigenvalue weighted by molar-refractivity contribution is -0.121. The molecule has 0 aliphatic carbocycles. The minimum absolute atomic E-state index is 0.0341. The highest BCUT2D eigenvalue weighted by molar-refractivity contribution is 7.13. The van der Waals surface area contributed by atoms with Crippen molar-refractivity contribution in [3.8, 4) is 0 Å². The van der Waals surface area contributed by atoms with Crippen molar-refractivity contribution in [2.24, 2.45) is 0 Å². The maximum absolute atomic E-state index is 12.3. The Hall–Kier alpha value is -2.94. The highest BCUT2D eigenvalue weighted by Gasteiger charge is 2.24. The molecule has 1 aliphatic heterocycles. The van der Waals surface area contributed by atoms with E-state index in [4.69, 9.17) is 4.74 Å². The minimum atomic E-state index is -0.299. The fourth-order valence-corrected chi connectivity index (χ4v) is 3.98. The van der Waals surface area contributed by atoms with Crippen LogP contribution >= 0.6 is 11.3 Å². The monoisotopic (exact) mass is 430 g/mol. The number of carbonyl (C=O) groups is 3. The lowest BCUT2D eigenvalue weighted by Gasteiger charge is -2.31. The Morgan fingerprint density at radius 1 is 1.13 bits per heavy atom. The van der Waals surface area contributed by atoms with E-state index in [1.54, 1.807) is 17.2 Å². The highest BCUT2D eigenvalue weighted by atomic mass is 32.1. The van der Waals surface area contributed by atoms with E-state index in [9.17, 15) is 14.4 Å². The van der Waals surface area contributed by atoms with Crippen LogP contribution in [0.2, 0.25) is 0 Å². The third-order valence-electron chi connectivity index (χ3n) is 4.73. The summed E-state index contributed by atoms with van der Waals surface area (Å²) in [5.74, 6) is -0.253. The quantitative estimate of drug-likeness (QED) is 0.703. The molecule has 0 unspecified atom stereocenters. The fraction of sp³-hybridized carbons (Fsp3) is 0.429. The van der Waals surface area contributed by atoms with Crippen molar-refractivity contribution >= 4 is 34.4 Å². The fourth-order valence-electron chi connectivity index (χ4n) is 3.25. The van der Waals surface area contributed by atoms with Gasteiger partial charge < -0.3 is 20.3 Å². The molecule has 1 saturated heterocycles. The van der Waals surface area contributed by atoms with Gasteiger partial charge in [0.1, 0.15) is 0 Å². The normalized spacial score (nSPS) is 14.2. The number of ether oxygens (including phenoxy) is 1. The maximum atomic E-state index is 12.3. The molecule has 2 aromatic rings. The predicted molar refractivity (Wildman–Crippen MR) is 114 cm³/mol. The Labute approximate surface area is 179 Å². The van der Waals surface area contributed by atoms with Gasteiger partial charge in [0.15, 0.2) is 5.13 Å². The van der Waals surface area contributed by atoms with Crippen LogP contribution < -0.4 is 10.6 Å². The second-order valence-electron chi connectivity index (χ2n) is 7.06. The second kappa shape index (κ2) is 10.7. The van der Waals surface area contributed by atoms with Gasteiger partial charge in [0, 0.05) is 24.5 Å². The van der Waals surface area contributed by atoms with E-state index in [2.05, 4.69) is 15.6 Å². The number of benzene rings is 1. The number of nitrogens with one attached hydrogen (secondary N) is 2. The number of hydrogen-bond donors (Lipinski definition) is 2. The number of carbonyl (C=O) groups excluding carboxylic acids is 3. The Bertz CT molecular complexity index is 863. The molecule has 1 fully saturated rings. The topological polar surface area (TPSA) is 101 Å². The molecule has 1 aromatic carbocycles. The molecular formula is C21H26N4O4S. The third-order valence-corrected chi connectivity index (χ3v) is 5.54. The van der Waals surface area contributed by atoms with E-state index < -0.39 is 0 Å². The number of rotatable bonds is 7. The number of amides is 3. The Morgan fingerprint density at radius 2 is 1.87 bits per heavy atom. The average molecular weight is 431 g/mol. The van der Waals surface area contributed by atoms with Crippen LogP contribution in [0.25, 0.3) is 0 Å². The molecule has 8 nitrogen and oxygen atoms in total. The van der Waals surface area contributed by atoms with Crippen LogP contribution in [-0.2, 0) is 27.2 Å². The minimum Gasteiger partial charge on any atom is -0.450 e. The van der Waals surface area contributed by atoms with Crippen LogP contribution in [0.3, 0.4) is 0 Å². The summed E-state index contributed by atoms with van der Waals surface area (Å²) in [6, 6.07) is 9.52. The van der Waals surface area contributed by atoms with Crippen LogP contribution in [0.5, 0.6) is 0 Å². The summed E-state index contributed by atoms with van der Waals surface area (Å²) in [6.45, 7) is 3.28. The lowest BCUT2D eigenvalue weighted by Crippen LogP contribution is -2.47. The maximum Gasteiger partial charge on any atom is 0.409 e. The molecular weight excluding hydrogens is 404 g/mol. The van der Waals surface area contributed by atoms with Gasteiger partial charge in [-0.3, -0.25) is 9.59 Å². The number of aromatic nitrogens is 1. The SMILES string of the molecule is CCOC(=O)N1CCC(NC(=O)Cc2csc(NC(=O)Cc3ccccc3)n2)CC1. The van der Waals surface area contributed by atoms with Crippen LogP contribution in [-0.4, -0.2) is 53.5 Å². The van der Waals surface area contributed by atoms with E-state index in [1.807, 2.05) is 30.3 Å². The first-order valence-electron chi connectivity index (χ1n) is 10.0. The van der Waals surface area contributed by atoms with E-state index in [0.29, 0.717) is 43.4 Å². The van der Waals surface area contributed by atoms with Crippen molar-refractivity contribution in [3.05, 3.63) is 47.0 Å². The number of thiazole rings is 1. The Balaban J connectivity index is 1.41.